The number of hydrogen-bond acceptors (Lipinski definition) is 6. The predicted octanol–water partition coefficient (Wildman–Crippen LogP) is 2.30. The van der Waals surface area contributed by atoms with Crippen LogP contribution in [0.3, 0.4) is 0 Å². The largest absolute Gasteiger partial charge is 0.367 e. The van der Waals surface area contributed by atoms with Crippen LogP contribution < -0.4 is 16.1 Å². The molecule has 0 spiro atoms. The van der Waals surface area contributed by atoms with Crippen molar-refractivity contribution in [2.75, 3.05) is 24.5 Å². The standard InChI is InChI=1S/C19H26ClN7O/c1-12(26-7-4-8-27(26)21)15-9-17(20)16-10-22-24-18(16)19(15)25-6-3-5-14(11-25)23-13(2)28/h4,7,9-10,12,14H,3,5-6,8,11,21H2,1-2H3,(H,22,24)(H,23,28)/t12?,14-/m0/s1. The smallest absolute Gasteiger partial charge is 0.217 e. The molecule has 1 aromatic heterocycles. The lowest BCUT2D eigenvalue weighted by Crippen LogP contribution is -2.48. The summed E-state index contributed by atoms with van der Waals surface area (Å²) in [4.78, 5) is 13.9. The van der Waals surface area contributed by atoms with E-state index < -0.39 is 0 Å². The second kappa shape index (κ2) is 7.62. The zero-order chi connectivity index (χ0) is 19.8. The molecule has 2 atom stereocenters. The van der Waals surface area contributed by atoms with Crippen molar-refractivity contribution < 1.29 is 4.79 Å². The quantitative estimate of drug-likeness (QED) is 0.678. The summed E-state index contributed by atoms with van der Waals surface area (Å²) in [5.74, 6) is 6.14. The SMILES string of the molecule is CC(=O)N[C@H]1CCCN(c2c(C(C)N3C=CCN3N)cc(Cl)c3cn[nH]c23)C1. The lowest BCUT2D eigenvalue weighted by molar-refractivity contribution is -0.119. The van der Waals surface area contributed by atoms with Crippen molar-refractivity contribution in [1.82, 2.24) is 25.6 Å². The van der Waals surface area contributed by atoms with Crippen LogP contribution in [-0.2, 0) is 4.79 Å². The fourth-order valence-corrected chi connectivity index (χ4v) is 4.52. The molecule has 0 bridgehead atoms. The molecule has 1 fully saturated rings. The van der Waals surface area contributed by atoms with Gasteiger partial charge in [-0.1, -0.05) is 11.6 Å². The monoisotopic (exact) mass is 403 g/mol. The molecule has 150 valence electrons. The molecule has 2 aliphatic heterocycles. The van der Waals surface area contributed by atoms with E-state index in [1.807, 2.05) is 23.4 Å². The molecule has 1 amide bonds. The minimum Gasteiger partial charge on any atom is -0.367 e. The Kier molecular flexibility index (Phi) is 5.18. The fourth-order valence-electron chi connectivity index (χ4n) is 4.26. The molecule has 1 unspecified atom stereocenters. The minimum absolute atomic E-state index is 0.00390. The number of amides is 1. The van der Waals surface area contributed by atoms with Gasteiger partial charge in [0.05, 0.1) is 35.0 Å². The maximum absolute atomic E-state index is 11.6. The fraction of sp³-hybridized carbons (Fsp3) is 0.474. The van der Waals surface area contributed by atoms with Crippen molar-refractivity contribution in [2.24, 2.45) is 5.84 Å². The van der Waals surface area contributed by atoms with Crippen LogP contribution in [0.25, 0.3) is 10.9 Å². The number of carbonyl (C=O) groups excluding carboxylic acids is 1. The number of nitrogens with zero attached hydrogens (tertiary/aromatic N) is 4. The Morgan fingerprint density at radius 3 is 3.04 bits per heavy atom. The normalized spacial score (nSPS) is 21.5. The first-order chi connectivity index (χ1) is 13.5. The Labute approximate surface area is 169 Å². The summed E-state index contributed by atoms with van der Waals surface area (Å²) in [5.41, 5.74) is 3.07. The minimum atomic E-state index is -0.00917. The van der Waals surface area contributed by atoms with Gasteiger partial charge in [-0.05, 0) is 31.9 Å². The van der Waals surface area contributed by atoms with E-state index in [2.05, 4.69) is 27.3 Å². The van der Waals surface area contributed by atoms with Crippen LogP contribution >= 0.6 is 11.6 Å². The van der Waals surface area contributed by atoms with Gasteiger partial charge in [-0.2, -0.15) is 10.2 Å². The predicted molar refractivity (Wildman–Crippen MR) is 110 cm³/mol. The second-order valence-corrected chi connectivity index (χ2v) is 7.91. The zero-order valence-electron chi connectivity index (χ0n) is 16.2. The number of halogens is 1. The van der Waals surface area contributed by atoms with Crippen LogP contribution in [0.15, 0.2) is 24.5 Å². The molecule has 8 nitrogen and oxygen atoms in total. The topological polar surface area (TPSA) is 93.5 Å². The van der Waals surface area contributed by atoms with Crippen LogP contribution in [0.1, 0.15) is 38.3 Å². The average Bonchev–Trinajstić information content (AvgIpc) is 3.30. The van der Waals surface area contributed by atoms with Gasteiger partial charge in [-0.3, -0.25) is 20.7 Å². The van der Waals surface area contributed by atoms with Crippen LogP contribution in [0.5, 0.6) is 0 Å². The maximum atomic E-state index is 11.6. The molecule has 2 aliphatic rings. The number of anilines is 1. The van der Waals surface area contributed by atoms with E-state index in [0.717, 1.165) is 48.1 Å². The molecule has 1 aromatic carbocycles. The third kappa shape index (κ3) is 3.43. The number of nitrogens with one attached hydrogen (secondary N) is 2. The lowest BCUT2D eigenvalue weighted by Gasteiger charge is -2.38. The number of H-pyrrole nitrogens is 1. The van der Waals surface area contributed by atoms with Gasteiger partial charge in [-0.25, -0.2) is 0 Å². The molecule has 3 heterocycles. The number of nitrogens with two attached hydrogens (primary N) is 1. The summed E-state index contributed by atoms with van der Waals surface area (Å²) in [6, 6.07) is 2.13. The summed E-state index contributed by atoms with van der Waals surface area (Å²) < 4.78 is 0. The number of hydrazine groups is 2. The number of fused-ring (bicyclic) bond motifs is 1. The molecular formula is C19H26ClN7O. The second-order valence-electron chi connectivity index (χ2n) is 7.50. The Morgan fingerprint density at radius 2 is 2.32 bits per heavy atom. The van der Waals surface area contributed by atoms with Gasteiger partial charge >= 0.3 is 0 Å². The van der Waals surface area contributed by atoms with Crippen LogP contribution in [0.2, 0.25) is 5.02 Å². The molecule has 28 heavy (non-hydrogen) atoms. The average molecular weight is 404 g/mol. The van der Waals surface area contributed by atoms with Crippen molar-refractivity contribution in [2.45, 2.75) is 38.8 Å². The van der Waals surface area contributed by atoms with E-state index in [1.165, 1.54) is 0 Å². The summed E-state index contributed by atoms with van der Waals surface area (Å²) in [5, 5.41) is 15.7. The third-order valence-electron chi connectivity index (χ3n) is 5.53. The van der Waals surface area contributed by atoms with Gasteiger partial charge in [0, 0.05) is 43.2 Å². The Hall–Kier alpha value is -2.29. The number of carbonyl (C=O) groups is 1. The number of benzene rings is 1. The summed E-state index contributed by atoms with van der Waals surface area (Å²) >= 11 is 6.58. The van der Waals surface area contributed by atoms with Crippen molar-refractivity contribution in [3.8, 4) is 0 Å². The van der Waals surface area contributed by atoms with Crippen LogP contribution in [0, 0.1) is 0 Å². The Morgan fingerprint density at radius 1 is 1.50 bits per heavy atom. The van der Waals surface area contributed by atoms with E-state index in [1.54, 1.807) is 18.2 Å². The highest BCUT2D eigenvalue weighted by molar-refractivity contribution is 6.36. The lowest BCUT2D eigenvalue weighted by atomic mass is 9.98. The van der Waals surface area contributed by atoms with Gasteiger partial charge in [0.25, 0.3) is 0 Å². The van der Waals surface area contributed by atoms with Crippen LogP contribution in [0.4, 0.5) is 5.69 Å². The van der Waals surface area contributed by atoms with E-state index >= 15 is 0 Å². The molecule has 4 N–H and O–H groups in total. The highest BCUT2D eigenvalue weighted by Gasteiger charge is 2.30. The molecular weight excluding hydrogens is 378 g/mol. The van der Waals surface area contributed by atoms with Crippen molar-refractivity contribution in [3.63, 3.8) is 0 Å². The van der Waals surface area contributed by atoms with Crippen molar-refractivity contribution in [1.29, 1.82) is 0 Å². The number of rotatable bonds is 4. The van der Waals surface area contributed by atoms with Gasteiger partial charge in [0.2, 0.25) is 5.91 Å². The number of aromatic nitrogens is 2. The first-order valence-electron chi connectivity index (χ1n) is 9.60. The molecule has 9 heteroatoms. The van der Waals surface area contributed by atoms with E-state index in [0.29, 0.717) is 11.6 Å². The molecule has 0 aliphatic carbocycles. The molecule has 4 rings (SSSR count). The van der Waals surface area contributed by atoms with Gasteiger partial charge in [0.15, 0.2) is 0 Å². The first-order valence-corrected chi connectivity index (χ1v) is 9.98. The third-order valence-corrected chi connectivity index (χ3v) is 5.84. The highest BCUT2D eigenvalue weighted by Crippen LogP contribution is 2.40. The van der Waals surface area contributed by atoms with Crippen molar-refractivity contribution in [3.05, 3.63) is 35.1 Å². The zero-order valence-corrected chi connectivity index (χ0v) is 16.9. The Balaban J connectivity index is 1.77. The van der Waals surface area contributed by atoms with Gasteiger partial charge in [-0.15, -0.1) is 0 Å². The molecule has 0 saturated carbocycles. The molecule has 0 radical (unpaired) electrons. The van der Waals surface area contributed by atoms with Crippen molar-refractivity contribution >= 4 is 34.1 Å². The molecule has 1 saturated heterocycles. The maximum Gasteiger partial charge on any atom is 0.217 e. The number of aromatic amines is 1. The first kappa shape index (κ1) is 19.0. The Bertz CT molecular complexity index is 911. The number of piperidine rings is 1. The van der Waals surface area contributed by atoms with Gasteiger partial charge < -0.3 is 10.2 Å². The number of hydrogen-bond donors (Lipinski definition) is 3. The van der Waals surface area contributed by atoms with Gasteiger partial charge in [0.1, 0.15) is 0 Å². The van der Waals surface area contributed by atoms with E-state index in [4.69, 9.17) is 17.4 Å². The van der Waals surface area contributed by atoms with E-state index in [-0.39, 0.29) is 18.0 Å². The summed E-state index contributed by atoms with van der Waals surface area (Å²) in [6.07, 6.45) is 7.77. The summed E-state index contributed by atoms with van der Waals surface area (Å²) in [6.45, 7) is 6.01. The highest BCUT2D eigenvalue weighted by atomic mass is 35.5. The summed E-state index contributed by atoms with van der Waals surface area (Å²) in [7, 11) is 0. The van der Waals surface area contributed by atoms with E-state index in [9.17, 15) is 4.79 Å². The molecule has 2 aromatic rings. The van der Waals surface area contributed by atoms with Crippen LogP contribution in [-0.4, -0.2) is 51.9 Å².